The fourth-order valence-corrected chi connectivity index (χ4v) is 5.26. The fraction of sp³-hybridized carbons (Fsp3) is 0.273. The third-order valence-electron chi connectivity index (χ3n) is 5.48. The van der Waals surface area contributed by atoms with Gasteiger partial charge in [-0.3, -0.25) is 4.79 Å². The van der Waals surface area contributed by atoms with Gasteiger partial charge in [-0.15, -0.1) is 0 Å². The van der Waals surface area contributed by atoms with E-state index in [1.165, 1.54) is 4.31 Å². The smallest absolute Gasteiger partial charge is 0.257 e. The highest BCUT2D eigenvalue weighted by Gasteiger charge is 2.31. The topological polar surface area (TPSA) is 75.5 Å². The normalized spacial score (nSPS) is 15.3. The Bertz CT molecular complexity index is 1210. The van der Waals surface area contributed by atoms with E-state index in [4.69, 9.17) is 11.6 Å². The molecular formula is C22H23ClN4O3S. The first-order valence-electron chi connectivity index (χ1n) is 9.94. The summed E-state index contributed by atoms with van der Waals surface area (Å²) in [5.74, 6) is -0.154. The van der Waals surface area contributed by atoms with Gasteiger partial charge in [0, 0.05) is 31.2 Å². The molecule has 9 heteroatoms. The summed E-state index contributed by atoms with van der Waals surface area (Å²) in [4.78, 5) is 15.0. The van der Waals surface area contributed by atoms with Crippen molar-refractivity contribution >= 4 is 27.5 Å². The van der Waals surface area contributed by atoms with Crippen molar-refractivity contribution < 1.29 is 13.2 Å². The Hall–Kier alpha value is -2.68. The molecule has 0 bridgehead atoms. The zero-order valence-corrected chi connectivity index (χ0v) is 18.9. The number of sulfonamides is 1. The van der Waals surface area contributed by atoms with Crippen LogP contribution in [0.4, 0.5) is 0 Å². The Balaban J connectivity index is 1.47. The number of halogens is 1. The Morgan fingerprint density at radius 1 is 1.00 bits per heavy atom. The Morgan fingerprint density at radius 2 is 1.68 bits per heavy atom. The van der Waals surface area contributed by atoms with Crippen LogP contribution in [0.25, 0.3) is 5.69 Å². The van der Waals surface area contributed by atoms with E-state index in [2.05, 4.69) is 5.10 Å². The molecule has 4 rings (SSSR count). The van der Waals surface area contributed by atoms with Crippen molar-refractivity contribution in [1.29, 1.82) is 0 Å². The van der Waals surface area contributed by atoms with Crippen LogP contribution in [0, 0.1) is 13.8 Å². The van der Waals surface area contributed by atoms with Crippen molar-refractivity contribution in [1.82, 2.24) is 19.0 Å². The lowest BCUT2D eigenvalue weighted by atomic mass is 10.2. The van der Waals surface area contributed by atoms with Gasteiger partial charge in [0.15, 0.2) is 0 Å². The summed E-state index contributed by atoms with van der Waals surface area (Å²) in [5, 5.41) is 4.94. The Labute approximate surface area is 186 Å². The summed E-state index contributed by atoms with van der Waals surface area (Å²) in [6, 6.07) is 14.1. The largest absolute Gasteiger partial charge is 0.336 e. The molecule has 0 radical (unpaired) electrons. The van der Waals surface area contributed by atoms with E-state index in [0.717, 1.165) is 11.3 Å². The molecule has 162 valence electrons. The molecule has 1 fully saturated rings. The van der Waals surface area contributed by atoms with Crippen molar-refractivity contribution in [2.24, 2.45) is 0 Å². The molecule has 1 saturated heterocycles. The van der Waals surface area contributed by atoms with Gasteiger partial charge >= 0.3 is 0 Å². The highest BCUT2D eigenvalue weighted by atomic mass is 35.5. The van der Waals surface area contributed by atoms with Crippen LogP contribution >= 0.6 is 11.6 Å². The van der Waals surface area contributed by atoms with Gasteiger partial charge in [-0.05, 0) is 44.2 Å². The quantitative estimate of drug-likeness (QED) is 0.601. The molecule has 1 aromatic heterocycles. The lowest BCUT2D eigenvalue weighted by Crippen LogP contribution is -2.50. The summed E-state index contributed by atoms with van der Waals surface area (Å²) in [7, 11) is -3.57. The number of hydrogen-bond donors (Lipinski definition) is 0. The van der Waals surface area contributed by atoms with Crippen LogP contribution in [-0.4, -0.2) is 59.5 Å². The second kappa shape index (κ2) is 8.45. The molecule has 2 heterocycles. The van der Waals surface area contributed by atoms with E-state index in [1.807, 2.05) is 26.0 Å². The predicted octanol–water partition coefficient (Wildman–Crippen LogP) is 3.29. The maximum atomic E-state index is 13.1. The van der Waals surface area contributed by atoms with E-state index in [-0.39, 0.29) is 23.9 Å². The molecular weight excluding hydrogens is 436 g/mol. The molecule has 0 aliphatic carbocycles. The van der Waals surface area contributed by atoms with Crippen LogP contribution in [0.5, 0.6) is 0 Å². The first kappa shape index (κ1) is 21.5. The van der Waals surface area contributed by atoms with Crippen LogP contribution in [0.1, 0.15) is 21.6 Å². The first-order chi connectivity index (χ1) is 14.8. The molecule has 31 heavy (non-hydrogen) atoms. The van der Waals surface area contributed by atoms with Gasteiger partial charge in [-0.2, -0.15) is 9.40 Å². The average molecular weight is 459 g/mol. The van der Waals surface area contributed by atoms with Gasteiger partial charge in [-0.1, -0.05) is 35.4 Å². The van der Waals surface area contributed by atoms with Gasteiger partial charge in [-0.25, -0.2) is 13.1 Å². The molecule has 0 atom stereocenters. The third-order valence-corrected chi connectivity index (χ3v) is 7.63. The number of rotatable bonds is 4. The molecule has 2 aromatic carbocycles. The standard InChI is InChI=1S/C22H23ClN4O3S/c1-16-6-8-20(9-7-16)31(29,30)26-12-10-25(11-13-26)22(28)21-15-24-27(17(21)2)19-5-3-4-18(23)14-19/h3-9,14-15H,10-13H2,1-2H3. The number of aromatic nitrogens is 2. The van der Waals surface area contributed by atoms with E-state index in [0.29, 0.717) is 29.4 Å². The van der Waals surface area contributed by atoms with Gasteiger partial charge < -0.3 is 4.90 Å². The SMILES string of the molecule is Cc1ccc(S(=O)(=O)N2CCN(C(=O)c3cnn(-c4cccc(Cl)c4)c3C)CC2)cc1. The number of carbonyl (C=O) groups is 1. The zero-order chi connectivity index (χ0) is 22.2. The molecule has 0 unspecified atom stereocenters. The first-order valence-corrected chi connectivity index (χ1v) is 11.8. The number of benzene rings is 2. The van der Waals surface area contributed by atoms with Crippen LogP contribution in [0.15, 0.2) is 59.6 Å². The van der Waals surface area contributed by atoms with Crippen molar-refractivity contribution in [2.75, 3.05) is 26.2 Å². The Kier molecular flexibility index (Phi) is 5.88. The number of piperazine rings is 1. The Morgan fingerprint density at radius 3 is 2.32 bits per heavy atom. The van der Waals surface area contributed by atoms with Crippen molar-refractivity contribution in [3.63, 3.8) is 0 Å². The highest BCUT2D eigenvalue weighted by molar-refractivity contribution is 7.89. The molecule has 1 amide bonds. The monoisotopic (exact) mass is 458 g/mol. The lowest BCUT2D eigenvalue weighted by molar-refractivity contribution is 0.0697. The predicted molar refractivity (Wildman–Crippen MR) is 119 cm³/mol. The maximum absolute atomic E-state index is 13.1. The number of amides is 1. The summed E-state index contributed by atoms with van der Waals surface area (Å²) < 4.78 is 28.9. The molecule has 3 aromatic rings. The maximum Gasteiger partial charge on any atom is 0.257 e. The minimum atomic E-state index is -3.57. The molecule has 0 saturated carbocycles. The lowest BCUT2D eigenvalue weighted by Gasteiger charge is -2.34. The van der Waals surface area contributed by atoms with E-state index >= 15 is 0 Å². The molecule has 7 nitrogen and oxygen atoms in total. The molecule has 1 aliphatic rings. The minimum Gasteiger partial charge on any atom is -0.336 e. The minimum absolute atomic E-state index is 0.154. The highest BCUT2D eigenvalue weighted by Crippen LogP contribution is 2.21. The number of nitrogens with zero attached hydrogens (tertiary/aromatic N) is 4. The van der Waals surface area contributed by atoms with E-state index in [9.17, 15) is 13.2 Å². The molecule has 0 spiro atoms. The third kappa shape index (κ3) is 4.23. The van der Waals surface area contributed by atoms with Crippen LogP contribution in [-0.2, 0) is 10.0 Å². The summed E-state index contributed by atoms with van der Waals surface area (Å²) in [5.41, 5.74) is 2.98. The summed E-state index contributed by atoms with van der Waals surface area (Å²) >= 11 is 6.07. The van der Waals surface area contributed by atoms with E-state index in [1.54, 1.807) is 52.2 Å². The van der Waals surface area contributed by atoms with Gasteiger partial charge in [0.05, 0.1) is 28.0 Å². The van der Waals surface area contributed by atoms with Gasteiger partial charge in [0.1, 0.15) is 0 Å². The fourth-order valence-electron chi connectivity index (χ4n) is 3.65. The van der Waals surface area contributed by atoms with Crippen LogP contribution < -0.4 is 0 Å². The molecule has 1 aliphatic heterocycles. The summed E-state index contributed by atoms with van der Waals surface area (Å²) in [6.45, 7) is 4.90. The van der Waals surface area contributed by atoms with Crippen molar-refractivity contribution in [2.45, 2.75) is 18.7 Å². The van der Waals surface area contributed by atoms with Gasteiger partial charge in [0.2, 0.25) is 10.0 Å². The van der Waals surface area contributed by atoms with Crippen molar-refractivity contribution in [3.05, 3.63) is 76.6 Å². The van der Waals surface area contributed by atoms with Crippen molar-refractivity contribution in [3.8, 4) is 5.69 Å². The van der Waals surface area contributed by atoms with Gasteiger partial charge in [0.25, 0.3) is 5.91 Å². The number of hydrogen-bond acceptors (Lipinski definition) is 4. The second-order valence-electron chi connectivity index (χ2n) is 7.54. The second-order valence-corrected chi connectivity index (χ2v) is 9.92. The van der Waals surface area contributed by atoms with Crippen LogP contribution in [0.2, 0.25) is 5.02 Å². The number of carbonyl (C=O) groups excluding carboxylic acids is 1. The van der Waals surface area contributed by atoms with E-state index < -0.39 is 10.0 Å². The molecule has 0 N–H and O–H groups in total. The summed E-state index contributed by atoms with van der Waals surface area (Å²) in [6.07, 6.45) is 1.55. The number of aryl methyl sites for hydroxylation is 1. The van der Waals surface area contributed by atoms with Crippen LogP contribution in [0.3, 0.4) is 0 Å². The average Bonchev–Trinajstić information content (AvgIpc) is 3.15. The zero-order valence-electron chi connectivity index (χ0n) is 17.3.